The van der Waals surface area contributed by atoms with Crippen molar-refractivity contribution in [2.75, 3.05) is 73.6 Å². The molecule has 0 aromatic carbocycles. The highest BCUT2D eigenvalue weighted by Crippen LogP contribution is 2.25. The van der Waals surface area contributed by atoms with Crippen molar-refractivity contribution < 1.29 is 9.53 Å². The number of halogens is 1. The molecule has 3 fully saturated rings. The van der Waals surface area contributed by atoms with Crippen LogP contribution >= 0.6 is 24.0 Å². The summed E-state index contributed by atoms with van der Waals surface area (Å²) in [4.78, 5) is 23.4. The lowest BCUT2D eigenvalue weighted by molar-refractivity contribution is -0.122. The second-order valence-electron chi connectivity index (χ2n) is 8.24. The first-order valence-electron chi connectivity index (χ1n) is 10.2. The molecule has 162 valence electrons. The number of amides is 1. The van der Waals surface area contributed by atoms with Gasteiger partial charge in [0.05, 0.1) is 6.54 Å². The maximum Gasteiger partial charge on any atom is 0.234 e. The predicted octanol–water partition coefficient (Wildman–Crippen LogP) is 0.187. The Balaban J connectivity index is 0.00000280. The molecule has 9 heteroatoms. The average molecular weight is 508 g/mol. The van der Waals surface area contributed by atoms with Crippen LogP contribution in [0.1, 0.15) is 25.7 Å². The Kier molecular flexibility index (Phi) is 9.23. The summed E-state index contributed by atoms with van der Waals surface area (Å²) in [5.74, 6) is 1.13. The minimum Gasteiger partial charge on any atom is -0.381 e. The zero-order valence-electron chi connectivity index (χ0n) is 17.6. The van der Waals surface area contributed by atoms with Crippen LogP contribution in [0.5, 0.6) is 0 Å². The van der Waals surface area contributed by atoms with Crippen LogP contribution in [0.15, 0.2) is 4.99 Å². The second kappa shape index (κ2) is 10.9. The summed E-state index contributed by atoms with van der Waals surface area (Å²) in [7, 11) is 6.16. The van der Waals surface area contributed by atoms with Gasteiger partial charge in [-0.05, 0) is 39.8 Å². The predicted molar refractivity (Wildman–Crippen MR) is 122 cm³/mol. The van der Waals surface area contributed by atoms with Gasteiger partial charge in [-0.25, -0.2) is 0 Å². The van der Waals surface area contributed by atoms with Crippen molar-refractivity contribution >= 4 is 35.8 Å². The second-order valence-corrected chi connectivity index (χ2v) is 8.24. The van der Waals surface area contributed by atoms with Gasteiger partial charge in [-0.3, -0.25) is 14.7 Å². The summed E-state index contributed by atoms with van der Waals surface area (Å²) in [5, 5.41) is 6.67. The van der Waals surface area contributed by atoms with Crippen molar-refractivity contribution in [1.29, 1.82) is 0 Å². The Labute approximate surface area is 186 Å². The Bertz CT molecular complexity index is 527. The molecule has 0 radical (unpaired) electrons. The average Bonchev–Trinajstić information content (AvgIpc) is 3.48. The molecule has 1 aliphatic carbocycles. The van der Waals surface area contributed by atoms with Crippen LogP contribution in [0.2, 0.25) is 0 Å². The Morgan fingerprint density at radius 1 is 1.18 bits per heavy atom. The van der Waals surface area contributed by atoms with Gasteiger partial charge in [-0.1, -0.05) is 0 Å². The molecule has 28 heavy (non-hydrogen) atoms. The van der Waals surface area contributed by atoms with Crippen molar-refractivity contribution in [1.82, 2.24) is 25.3 Å². The van der Waals surface area contributed by atoms with Crippen LogP contribution in [0.25, 0.3) is 0 Å². The van der Waals surface area contributed by atoms with Gasteiger partial charge < -0.3 is 25.2 Å². The van der Waals surface area contributed by atoms with E-state index < -0.39 is 0 Å². The third-order valence-corrected chi connectivity index (χ3v) is 6.14. The number of carbonyl (C=O) groups is 1. The maximum atomic E-state index is 12.0. The van der Waals surface area contributed by atoms with Gasteiger partial charge in [-0.15, -0.1) is 24.0 Å². The number of ether oxygens (including phenoxy) is 1. The Hall–Kier alpha value is -0.650. The highest BCUT2D eigenvalue weighted by Gasteiger charge is 2.35. The third-order valence-electron chi connectivity index (χ3n) is 6.14. The van der Waals surface area contributed by atoms with Crippen molar-refractivity contribution in [3.8, 4) is 0 Å². The number of aliphatic imine (C=N–C) groups is 1. The first-order chi connectivity index (χ1) is 13.0. The van der Waals surface area contributed by atoms with Crippen molar-refractivity contribution in [2.45, 2.75) is 37.3 Å². The smallest absolute Gasteiger partial charge is 0.234 e. The number of hydrogen-bond donors (Lipinski definition) is 2. The zero-order chi connectivity index (χ0) is 19.3. The SMILES string of the molecule is CN=C(NCC1(N(C)C)CCOCC1)N1CCN(CC(=O)NC2CC2)CC1.I. The molecule has 1 saturated carbocycles. The summed E-state index contributed by atoms with van der Waals surface area (Å²) in [6.45, 7) is 6.61. The van der Waals surface area contributed by atoms with Crippen molar-refractivity contribution in [2.24, 2.45) is 4.99 Å². The highest BCUT2D eigenvalue weighted by atomic mass is 127. The number of nitrogens with one attached hydrogen (secondary N) is 2. The van der Waals surface area contributed by atoms with Crippen LogP contribution in [-0.4, -0.2) is 112 Å². The topological polar surface area (TPSA) is 72.4 Å². The molecule has 8 nitrogen and oxygen atoms in total. The fraction of sp³-hybridized carbons (Fsp3) is 0.895. The third kappa shape index (κ3) is 6.43. The number of nitrogens with zero attached hydrogens (tertiary/aromatic N) is 4. The van der Waals surface area contributed by atoms with Gasteiger partial charge in [0, 0.05) is 64.6 Å². The number of hydrogen-bond acceptors (Lipinski definition) is 5. The number of likely N-dealkylation sites (N-methyl/N-ethyl adjacent to an activating group) is 1. The molecule has 2 N–H and O–H groups in total. The minimum absolute atomic E-state index is 0. The van der Waals surface area contributed by atoms with Gasteiger partial charge in [0.1, 0.15) is 0 Å². The summed E-state index contributed by atoms with van der Waals surface area (Å²) in [6.07, 6.45) is 4.35. The molecule has 3 rings (SSSR count). The molecule has 2 heterocycles. The van der Waals surface area contributed by atoms with Gasteiger partial charge >= 0.3 is 0 Å². The number of carbonyl (C=O) groups excluding carboxylic acids is 1. The molecule has 2 aliphatic heterocycles. The zero-order valence-corrected chi connectivity index (χ0v) is 19.9. The molecule has 0 aromatic heterocycles. The van der Waals surface area contributed by atoms with Crippen molar-refractivity contribution in [3.05, 3.63) is 0 Å². The summed E-state index contributed by atoms with van der Waals surface area (Å²) in [5.41, 5.74) is 0.122. The van der Waals surface area contributed by atoms with Gasteiger partial charge in [0.2, 0.25) is 5.91 Å². The largest absolute Gasteiger partial charge is 0.381 e. The van der Waals surface area contributed by atoms with E-state index in [-0.39, 0.29) is 35.4 Å². The fourth-order valence-corrected chi connectivity index (χ4v) is 3.93. The lowest BCUT2D eigenvalue weighted by atomic mass is 9.88. The van der Waals surface area contributed by atoms with Crippen LogP contribution < -0.4 is 10.6 Å². The number of rotatable bonds is 6. The van der Waals surface area contributed by atoms with Crippen LogP contribution in [0.4, 0.5) is 0 Å². The highest BCUT2D eigenvalue weighted by molar-refractivity contribution is 14.0. The molecule has 3 aliphatic rings. The summed E-state index contributed by atoms with van der Waals surface area (Å²) in [6, 6.07) is 0.441. The van der Waals surface area contributed by atoms with E-state index >= 15 is 0 Å². The van der Waals surface area contributed by atoms with E-state index in [0.29, 0.717) is 12.6 Å². The first-order valence-corrected chi connectivity index (χ1v) is 10.2. The van der Waals surface area contributed by atoms with E-state index in [2.05, 4.69) is 44.4 Å². The molecule has 2 saturated heterocycles. The number of piperazine rings is 1. The van der Waals surface area contributed by atoms with Gasteiger partial charge in [0.25, 0.3) is 0 Å². The maximum absolute atomic E-state index is 12.0. The quantitative estimate of drug-likeness (QED) is 0.303. The first kappa shape index (κ1) is 23.6. The van der Waals surface area contributed by atoms with E-state index in [1.165, 1.54) is 0 Å². The van der Waals surface area contributed by atoms with Gasteiger partial charge in [-0.2, -0.15) is 0 Å². The molecule has 0 atom stereocenters. The van der Waals surface area contributed by atoms with Crippen molar-refractivity contribution in [3.63, 3.8) is 0 Å². The van der Waals surface area contributed by atoms with Crippen LogP contribution in [0.3, 0.4) is 0 Å². The summed E-state index contributed by atoms with van der Waals surface area (Å²) < 4.78 is 5.56. The monoisotopic (exact) mass is 508 g/mol. The molecule has 0 unspecified atom stereocenters. The van der Waals surface area contributed by atoms with E-state index in [0.717, 1.165) is 77.6 Å². The van der Waals surface area contributed by atoms with E-state index in [1.54, 1.807) is 0 Å². The molecule has 0 bridgehead atoms. The van der Waals surface area contributed by atoms with E-state index in [4.69, 9.17) is 4.74 Å². The fourth-order valence-electron chi connectivity index (χ4n) is 3.93. The lowest BCUT2D eigenvalue weighted by Gasteiger charge is -2.44. The molecular formula is C19H37IN6O2. The standard InChI is InChI=1S/C19H36N6O2.HI/c1-20-18(21-15-19(23(2)3)6-12-27-13-7-19)25-10-8-24(9-11-25)14-17(26)22-16-4-5-16;/h16H,4-15H2,1-3H3,(H,20,21)(H,22,26);1H. The van der Waals surface area contributed by atoms with E-state index in [1.807, 2.05) is 7.05 Å². The minimum atomic E-state index is 0. The normalized spacial score (nSPS) is 23.3. The van der Waals surface area contributed by atoms with Crippen LogP contribution in [-0.2, 0) is 9.53 Å². The molecule has 1 amide bonds. The molecule has 0 aromatic rings. The Morgan fingerprint density at radius 2 is 1.82 bits per heavy atom. The van der Waals surface area contributed by atoms with Gasteiger partial charge in [0.15, 0.2) is 5.96 Å². The molecular weight excluding hydrogens is 471 g/mol. The van der Waals surface area contributed by atoms with E-state index in [9.17, 15) is 4.79 Å². The Morgan fingerprint density at radius 3 is 2.36 bits per heavy atom. The number of guanidine groups is 1. The lowest BCUT2D eigenvalue weighted by Crippen LogP contribution is -2.59. The van der Waals surface area contributed by atoms with Crippen LogP contribution in [0, 0.1) is 0 Å². The summed E-state index contributed by atoms with van der Waals surface area (Å²) >= 11 is 0. The molecule has 0 spiro atoms.